The molecule has 144 valence electrons. The number of hydrazone groups is 1. The van der Waals surface area contributed by atoms with Crippen LogP contribution in [0.25, 0.3) is 0 Å². The molecule has 0 aliphatic carbocycles. The van der Waals surface area contributed by atoms with E-state index in [1.54, 1.807) is 24.3 Å². The molecule has 0 amide bonds. The highest BCUT2D eigenvalue weighted by atomic mass is 32.2. The summed E-state index contributed by atoms with van der Waals surface area (Å²) in [5.74, 6) is 0.730. The fourth-order valence-electron chi connectivity index (χ4n) is 2.16. The number of hydrogen-bond donors (Lipinski definition) is 1. The Labute approximate surface area is 158 Å². The molecule has 0 aromatic heterocycles. The van der Waals surface area contributed by atoms with Crippen molar-refractivity contribution in [1.29, 1.82) is 0 Å². The predicted octanol–water partition coefficient (Wildman–Crippen LogP) is 3.39. The summed E-state index contributed by atoms with van der Waals surface area (Å²) >= 11 is 0. The van der Waals surface area contributed by atoms with E-state index in [4.69, 9.17) is 4.74 Å². The van der Waals surface area contributed by atoms with E-state index >= 15 is 0 Å². The maximum absolute atomic E-state index is 12.2. The van der Waals surface area contributed by atoms with E-state index in [1.807, 2.05) is 0 Å². The molecule has 0 radical (unpaired) electrons. The van der Waals surface area contributed by atoms with Crippen LogP contribution < -0.4 is 9.57 Å². The summed E-state index contributed by atoms with van der Waals surface area (Å²) < 4.78 is 30.0. The number of rotatable bonds is 9. The number of ether oxygens (including phenoxy) is 1. The number of benzene rings is 2. The van der Waals surface area contributed by atoms with E-state index in [2.05, 4.69) is 16.9 Å². The van der Waals surface area contributed by atoms with Gasteiger partial charge in [-0.2, -0.15) is 13.5 Å². The number of nitrogens with zero attached hydrogens (tertiary/aromatic N) is 2. The third-order valence-corrected chi connectivity index (χ3v) is 4.94. The molecule has 0 spiro atoms. The first-order valence-electron chi connectivity index (χ1n) is 8.36. The normalized spacial score (nSPS) is 11.5. The number of sulfonamides is 1. The molecule has 8 nitrogen and oxygen atoms in total. The molecule has 0 heterocycles. The van der Waals surface area contributed by atoms with Gasteiger partial charge in [0.15, 0.2) is 0 Å². The summed E-state index contributed by atoms with van der Waals surface area (Å²) in [5.41, 5.74) is 0.791. The molecule has 2 aromatic carbocycles. The quantitative estimate of drug-likeness (QED) is 0.305. The highest BCUT2D eigenvalue weighted by molar-refractivity contribution is 7.89. The second-order valence-corrected chi connectivity index (χ2v) is 7.49. The van der Waals surface area contributed by atoms with Crippen molar-refractivity contribution in [3.8, 4) is 5.75 Å². The lowest BCUT2D eigenvalue weighted by atomic mass is 10.2. The zero-order chi connectivity index (χ0) is 19.9. The largest absolute Gasteiger partial charge is 0.494 e. The van der Waals surface area contributed by atoms with Crippen molar-refractivity contribution in [2.75, 3.05) is 6.61 Å². The van der Waals surface area contributed by atoms with Crippen molar-refractivity contribution in [1.82, 2.24) is 4.83 Å². The predicted molar refractivity (Wildman–Crippen MR) is 103 cm³/mol. The van der Waals surface area contributed by atoms with Gasteiger partial charge in [0.25, 0.3) is 15.7 Å². The second kappa shape index (κ2) is 9.13. The Morgan fingerprint density at radius 2 is 1.93 bits per heavy atom. The van der Waals surface area contributed by atoms with Gasteiger partial charge in [-0.3, -0.25) is 10.1 Å². The molecule has 0 aliphatic rings. The van der Waals surface area contributed by atoms with Gasteiger partial charge < -0.3 is 4.74 Å². The summed E-state index contributed by atoms with van der Waals surface area (Å²) in [5, 5.41) is 14.7. The van der Waals surface area contributed by atoms with Crippen molar-refractivity contribution in [3.63, 3.8) is 0 Å². The van der Waals surface area contributed by atoms with Crippen LogP contribution in [0.15, 0.2) is 52.5 Å². The van der Waals surface area contributed by atoms with E-state index < -0.39 is 14.9 Å². The van der Waals surface area contributed by atoms with Gasteiger partial charge in [-0.15, -0.1) is 0 Å². The minimum Gasteiger partial charge on any atom is -0.494 e. The van der Waals surface area contributed by atoms with Gasteiger partial charge in [0.2, 0.25) is 0 Å². The van der Waals surface area contributed by atoms with Crippen LogP contribution >= 0.6 is 0 Å². The van der Waals surface area contributed by atoms with Crippen LogP contribution in [0.2, 0.25) is 0 Å². The third kappa shape index (κ3) is 5.78. The van der Waals surface area contributed by atoms with E-state index in [0.717, 1.165) is 24.7 Å². The van der Waals surface area contributed by atoms with Crippen molar-refractivity contribution < 1.29 is 18.1 Å². The molecule has 2 rings (SSSR count). The molecular weight excluding hydrogens is 370 g/mol. The lowest BCUT2D eigenvalue weighted by molar-refractivity contribution is -0.385. The van der Waals surface area contributed by atoms with Crippen LogP contribution in [-0.2, 0) is 10.0 Å². The maximum atomic E-state index is 12.2. The van der Waals surface area contributed by atoms with Crippen molar-refractivity contribution >= 4 is 21.9 Å². The Morgan fingerprint density at radius 3 is 2.56 bits per heavy atom. The number of aryl methyl sites for hydroxylation is 1. The summed E-state index contributed by atoms with van der Waals surface area (Å²) in [4.78, 5) is 12.2. The van der Waals surface area contributed by atoms with Crippen LogP contribution in [0.4, 0.5) is 5.69 Å². The molecule has 1 N–H and O–H groups in total. The Balaban J connectivity index is 2.04. The number of hydrogen-bond acceptors (Lipinski definition) is 6. The molecule has 0 saturated carbocycles. The minimum absolute atomic E-state index is 0.225. The van der Waals surface area contributed by atoms with Crippen molar-refractivity contribution in [2.45, 2.75) is 31.6 Å². The monoisotopic (exact) mass is 391 g/mol. The molecule has 0 atom stereocenters. The number of nitro benzene ring substituents is 1. The SMILES string of the molecule is CCCCOc1ccc(/C=N\NS(=O)(=O)c2ccc(C)c([N+](=O)[O-])c2)cc1. The van der Waals surface area contributed by atoms with E-state index in [1.165, 1.54) is 25.3 Å². The number of nitrogens with one attached hydrogen (secondary N) is 1. The van der Waals surface area contributed by atoms with E-state index in [-0.39, 0.29) is 10.6 Å². The fourth-order valence-corrected chi connectivity index (χ4v) is 2.97. The van der Waals surface area contributed by atoms with Gasteiger partial charge in [0, 0.05) is 11.6 Å². The van der Waals surface area contributed by atoms with Crippen LogP contribution in [0.1, 0.15) is 30.9 Å². The molecule has 0 aliphatic heterocycles. The van der Waals surface area contributed by atoms with Gasteiger partial charge in [-0.1, -0.05) is 19.4 Å². The Bertz CT molecular complexity index is 925. The maximum Gasteiger partial charge on any atom is 0.276 e. The summed E-state index contributed by atoms with van der Waals surface area (Å²) in [6, 6.07) is 10.7. The van der Waals surface area contributed by atoms with Gasteiger partial charge >= 0.3 is 0 Å². The average molecular weight is 391 g/mol. The average Bonchev–Trinajstić information content (AvgIpc) is 2.63. The molecule has 0 bridgehead atoms. The van der Waals surface area contributed by atoms with Crippen LogP contribution in [-0.4, -0.2) is 26.2 Å². The zero-order valence-electron chi connectivity index (χ0n) is 15.1. The first-order chi connectivity index (χ1) is 12.8. The summed E-state index contributed by atoms with van der Waals surface area (Å²) in [6.45, 7) is 4.26. The summed E-state index contributed by atoms with van der Waals surface area (Å²) in [6.07, 6.45) is 3.37. The van der Waals surface area contributed by atoms with Crippen molar-refractivity contribution in [3.05, 3.63) is 63.7 Å². The Morgan fingerprint density at radius 1 is 1.22 bits per heavy atom. The molecule has 0 saturated heterocycles. The van der Waals surface area contributed by atoms with Gasteiger partial charge in [0.05, 0.1) is 22.6 Å². The first-order valence-corrected chi connectivity index (χ1v) is 9.84. The van der Waals surface area contributed by atoms with E-state index in [0.29, 0.717) is 17.7 Å². The van der Waals surface area contributed by atoms with Crippen LogP contribution in [0.3, 0.4) is 0 Å². The summed E-state index contributed by atoms with van der Waals surface area (Å²) in [7, 11) is -4.00. The lowest BCUT2D eigenvalue weighted by Gasteiger charge is -2.05. The molecule has 2 aromatic rings. The van der Waals surface area contributed by atoms with Crippen LogP contribution in [0.5, 0.6) is 5.75 Å². The Kier molecular flexibility index (Phi) is 6.89. The van der Waals surface area contributed by atoms with Crippen LogP contribution in [0, 0.1) is 17.0 Å². The molecule has 0 unspecified atom stereocenters. The smallest absolute Gasteiger partial charge is 0.276 e. The van der Waals surface area contributed by atoms with E-state index in [9.17, 15) is 18.5 Å². The van der Waals surface area contributed by atoms with Gasteiger partial charge in [-0.25, -0.2) is 4.83 Å². The zero-order valence-corrected chi connectivity index (χ0v) is 15.9. The minimum atomic E-state index is -4.00. The lowest BCUT2D eigenvalue weighted by Crippen LogP contribution is -2.18. The second-order valence-electron chi connectivity index (χ2n) is 5.83. The topological polar surface area (TPSA) is 111 Å². The fraction of sp³-hybridized carbons (Fsp3) is 0.278. The van der Waals surface area contributed by atoms with Crippen molar-refractivity contribution in [2.24, 2.45) is 5.10 Å². The van der Waals surface area contributed by atoms with Gasteiger partial charge in [0.1, 0.15) is 5.75 Å². The number of unbranched alkanes of at least 4 members (excludes halogenated alkanes) is 1. The molecular formula is C18H21N3O5S. The first kappa shape index (κ1) is 20.4. The molecule has 0 fully saturated rings. The van der Waals surface area contributed by atoms with Gasteiger partial charge in [-0.05, 0) is 49.2 Å². The molecule has 9 heteroatoms. The standard InChI is InChI=1S/C18H21N3O5S/c1-3-4-11-26-16-8-6-15(7-9-16)13-19-20-27(24,25)17-10-5-14(2)18(12-17)21(22)23/h5-10,12-13,20H,3-4,11H2,1-2H3/b19-13-. The highest BCUT2D eigenvalue weighted by Crippen LogP contribution is 2.22. The number of nitro groups is 1. The third-order valence-electron chi connectivity index (χ3n) is 3.72. The molecule has 27 heavy (non-hydrogen) atoms. The Hall–Kier alpha value is -2.94. The highest BCUT2D eigenvalue weighted by Gasteiger charge is 2.19.